The van der Waals surface area contributed by atoms with E-state index in [1.54, 1.807) is 4.57 Å². The summed E-state index contributed by atoms with van der Waals surface area (Å²) in [6.07, 6.45) is -0.511. The standard InChI is InChI=1S/C14H22N6O3/c1-7(2)19(3)4-8-10(21)11(22)14(23-8)20-6-18-9-12(15)16-5-17-13(9)20/h5-8,10-11,14,21-22H,4H2,1-3H3,(H2,15,16,17)/t8-,10-,11-,14-/m1/s1. The molecule has 0 aromatic carbocycles. The summed E-state index contributed by atoms with van der Waals surface area (Å²) in [5.41, 5.74) is 6.68. The normalized spacial score (nSPS) is 28.3. The number of aliphatic hydroxyl groups excluding tert-OH is 2. The molecule has 3 rings (SSSR count). The fourth-order valence-corrected chi connectivity index (χ4v) is 2.66. The Balaban J connectivity index is 1.87. The number of hydrogen-bond donors (Lipinski definition) is 3. The molecule has 4 N–H and O–H groups in total. The smallest absolute Gasteiger partial charge is 0.167 e. The van der Waals surface area contributed by atoms with Gasteiger partial charge >= 0.3 is 0 Å². The number of anilines is 1. The van der Waals surface area contributed by atoms with Crippen molar-refractivity contribution in [3.8, 4) is 0 Å². The molecule has 1 fully saturated rings. The Labute approximate surface area is 133 Å². The number of likely N-dealkylation sites (N-methyl/N-ethyl adjacent to an activating group) is 1. The monoisotopic (exact) mass is 322 g/mol. The van der Waals surface area contributed by atoms with E-state index in [0.29, 0.717) is 23.8 Å². The summed E-state index contributed by atoms with van der Waals surface area (Å²) in [7, 11) is 1.95. The van der Waals surface area contributed by atoms with Gasteiger partial charge in [0.1, 0.15) is 30.2 Å². The molecule has 0 aliphatic carbocycles. The van der Waals surface area contributed by atoms with Gasteiger partial charge in [0, 0.05) is 12.6 Å². The van der Waals surface area contributed by atoms with Crippen LogP contribution in [-0.2, 0) is 4.74 Å². The SMILES string of the molecule is CC(C)N(C)C[C@H]1O[C@@H](n2cnc3c(N)ncnc32)[C@H](O)[C@@H]1O. The van der Waals surface area contributed by atoms with Crippen molar-refractivity contribution in [3.63, 3.8) is 0 Å². The van der Waals surface area contributed by atoms with Crippen molar-refractivity contribution in [2.45, 2.75) is 44.4 Å². The molecule has 0 saturated carbocycles. The molecule has 4 atom stereocenters. The first-order chi connectivity index (χ1) is 10.9. The minimum Gasteiger partial charge on any atom is -0.387 e. The van der Waals surface area contributed by atoms with Crippen molar-refractivity contribution in [2.24, 2.45) is 0 Å². The highest BCUT2D eigenvalue weighted by atomic mass is 16.6. The summed E-state index contributed by atoms with van der Waals surface area (Å²) in [5, 5.41) is 20.7. The number of ether oxygens (including phenoxy) is 1. The lowest BCUT2D eigenvalue weighted by molar-refractivity contribution is -0.0442. The first kappa shape index (κ1) is 16.1. The van der Waals surface area contributed by atoms with E-state index in [-0.39, 0.29) is 5.82 Å². The van der Waals surface area contributed by atoms with Gasteiger partial charge in [0.2, 0.25) is 0 Å². The van der Waals surface area contributed by atoms with Crippen LogP contribution in [0.2, 0.25) is 0 Å². The van der Waals surface area contributed by atoms with Crippen molar-refractivity contribution in [1.82, 2.24) is 24.4 Å². The van der Waals surface area contributed by atoms with Gasteiger partial charge in [-0.2, -0.15) is 0 Å². The highest BCUT2D eigenvalue weighted by molar-refractivity contribution is 5.81. The van der Waals surface area contributed by atoms with E-state index in [0.717, 1.165) is 0 Å². The van der Waals surface area contributed by atoms with E-state index in [2.05, 4.69) is 33.7 Å². The fraction of sp³-hybridized carbons (Fsp3) is 0.643. The minimum atomic E-state index is -1.07. The lowest BCUT2D eigenvalue weighted by Crippen LogP contribution is -2.40. The predicted molar refractivity (Wildman–Crippen MR) is 83.4 cm³/mol. The van der Waals surface area contributed by atoms with Crippen LogP contribution in [0.3, 0.4) is 0 Å². The number of fused-ring (bicyclic) bond motifs is 1. The van der Waals surface area contributed by atoms with E-state index < -0.39 is 24.5 Å². The average molecular weight is 322 g/mol. The molecule has 0 radical (unpaired) electrons. The van der Waals surface area contributed by atoms with E-state index in [1.807, 2.05) is 7.05 Å². The van der Waals surface area contributed by atoms with Crippen LogP contribution in [0.4, 0.5) is 5.82 Å². The Morgan fingerprint density at radius 3 is 2.74 bits per heavy atom. The molecule has 1 aliphatic rings. The van der Waals surface area contributed by atoms with Gasteiger partial charge in [-0.25, -0.2) is 15.0 Å². The molecule has 2 aromatic rings. The molecule has 3 heterocycles. The highest BCUT2D eigenvalue weighted by Crippen LogP contribution is 2.32. The summed E-state index contributed by atoms with van der Waals surface area (Å²) in [6.45, 7) is 4.62. The highest BCUT2D eigenvalue weighted by Gasteiger charge is 2.44. The van der Waals surface area contributed by atoms with Crippen LogP contribution in [0.5, 0.6) is 0 Å². The number of aromatic nitrogens is 4. The first-order valence-corrected chi connectivity index (χ1v) is 7.55. The quantitative estimate of drug-likeness (QED) is 0.680. The topological polar surface area (TPSA) is 123 Å². The average Bonchev–Trinajstić information content (AvgIpc) is 3.05. The van der Waals surface area contributed by atoms with Gasteiger partial charge in [-0.3, -0.25) is 4.57 Å². The zero-order chi connectivity index (χ0) is 16.7. The second-order valence-electron chi connectivity index (χ2n) is 6.16. The third kappa shape index (κ3) is 2.76. The second kappa shape index (κ2) is 6.00. The largest absolute Gasteiger partial charge is 0.387 e. The third-order valence-corrected chi connectivity index (χ3v) is 4.35. The van der Waals surface area contributed by atoms with Gasteiger partial charge in [-0.15, -0.1) is 0 Å². The second-order valence-corrected chi connectivity index (χ2v) is 6.16. The maximum absolute atomic E-state index is 10.4. The Kier molecular flexibility index (Phi) is 4.19. The number of nitrogen functional groups attached to an aromatic ring is 1. The Morgan fingerprint density at radius 1 is 1.30 bits per heavy atom. The number of aliphatic hydroxyl groups is 2. The van der Waals surface area contributed by atoms with Gasteiger partial charge in [-0.05, 0) is 20.9 Å². The van der Waals surface area contributed by atoms with Crippen LogP contribution in [0, 0.1) is 0 Å². The summed E-state index contributed by atoms with van der Waals surface area (Å²) >= 11 is 0. The summed E-state index contributed by atoms with van der Waals surface area (Å²) in [4.78, 5) is 14.2. The van der Waals surface area contributed by atoms with Crippen molar-refractivity contribution in [1.29, 1.82) is 0 Å². The molecule has 0 unspecified atom stereocenters. The maximum Gasteiger partial charge on any atom is 0.167 e. The molecular weight excluding hydrogens is 300 g/mol. The molecule has 9 nitrogen and oxygen atoms in total. The lowest BCUT2D eigenvalue weighted by atomic mass is 10.1. The maximum atomic E-state index is 10.4. The van der Waals surface area contributed by atoms with Gasteiger partial charge in [0.25, 0.3) is 0 Å². The molecular formula is C14H22N6O3. The fourth-order valence-electron chi connectivity index (χ4n) is 2.66. The van der Waals surface area contributed by atoms with E-state index in [9.17, 15) is 10.2 Å². The zero-order valence-corrected chi connectivity index (χ0v) is 13.4. The Hall–Kier alpha value is -1.81. The summed E-state index contributed by atoms with van der Waals surface area (Å²) in [6, 6.07) is 0.309. The number of rotatable bonds is 4. The van der Waals surface area contributed by atoms with Gasteiger partial charge in [-0.1, -0.05) is 0 Å². The predicted octanol–water partition coefficient (Wildman–Crippen LogP) is -0.632. The number of imidazole rings is 1. The molecule has 126 valence electrons. The summed E-state index contributed by atoms with van der Waals surface area (Å²) in [5.74, 6) is 0.262. The van der Waals surface area contributed by atoms with E-state index in [1.165, 1.54) is 12.7 Å². The van der Waals surface area contributed by atoms with E-state index in [4.69, 9.17) is 10.5 Å². The van der Waals surface area contributed by atoms with Crippen molar-refractivity contribution in [3.05, 3.63) is 12.7 Å². The first-order valence-electron chi connectivity index (χ1n) is 7.55. The molecule has 0 amide bonds. The van der Waals surface area contributed by atoms with Crippen LogP contribution in [0.15, 0.2) is 12.7 Å². The third-order valence-electron chi connectivity index (χ3n) is 4.35. The van der Waals surface area contributed by atoms with Gasteiger partial charge in [0.05, 0.1) is 6.33 Å². The molecule has 0 bridgehead atoms. The molecule has 9 heteroatoms. The van der Waals surface area contributed by atoms with Crippen LogP contribution < -0.4 is 5.73 Å². The number of nitrogens with zero attached hydrogens (tertiary/aromatic N) is 5. The molecule has 2 aromatic heterocycles. The van der Waals surface area contributed by atoms with Crippen molar-refractivity contribution in [2.75, 3.05) is 19.3 Å². The van der Waals surface area contributed by atoms with Gasteiger partial charge < -0.3 is 25.6 Å². The van der Waals surface area contributed by atoms with Crippen LogP contribution in [0.1, 0.15) is 20.1 Å². The molecule has 0 spiro atoms. The van der Waals surface area contributed by atoms with Crippen molar-refractivity contribution >= 4 is 17.0 Å². The number of hydrogen-bond acceptors (Lipinski definition) is 8. The minimum absolute atomic E-state index is 0.262. The number of nitrogens with two attached hydrogens (primary N) is 1. The Bertz CT molecular complexity index is 690. The van der Waals surface area contributed by atoms with Crippen LogP contribution in [-0.4, -0.2) is 72.6 Å². The van der Waals surface area contributed by atoms with Gasteiger partial charge in [0.15, 0.2) is 17.7 Å². The van der Waals surface area contributed by atoms with E-state index >= 15 is 0 Å². The zero-order valence-electron chi connectivity index (χ0n) is 13.4. The van der Waals surface area contributed by atoms with Crippen molar-refractivity contribution < 1.29 is 14.9 Å². The Morgan fingerprint density at radius 2 is 2.04 bits per heavy atom. The molecule has 23 heavy (non-hydrogen) atoms. The molecule has 1 saturated heterocycles. The van der Waals surface area contributed by atoms with Crippen LogP contribution >= 0.6 is 0 Å². The summed E-state index contributed by atoms with van der Waals surface area (Å²) < 4.78 is 7.46. The van der Waals surface area contributed by atoms with Crippen LogP contribution in [0.25, 0.3) is 11.2 Å². The lowest BCUT2D eigenvalue weighted by Gasteiger charge is -2.25. The molecule has 1 aliphatic heterocycles.